The van der Waals surface area contributed by atoms with Crippen molar-refractivity contribution in [3.8, 4) is 11.5 Å². The number of nitrogens with one attached hydrogen (secondary N) is 2. The van der Waals surface area contributed by atoms with E-state index in [1.54, 1.807) is 14.2 Å². The number of urea groups is 1. The minimum atomic E-state index is -5.08. The zero-order valence-corrected chi connectivity index (χ0v) is 25.6. The monoisotopic (exact) mass is 659 g/mol. The maximum atomic E-state index is 13.1. The van der Waals surface area contributed by atoms with Crippen molar-refractivity contribution in [1.29, 1.82) is 0 Å². The van der Waals surface area contributed by atoms with Gasteiger partial charge in [0.2, 0.25) is 0 Å². The number of hydrogen-bond acceptors (Lipinski definition) is 5. The summed E-state index contributed by atoms with van der Waals surface area (Å²) in [5.74, 6) is -1.33. The van der Waals surface area contributed by atoms with E-state index in [0.717, 1.165) is 50.1 Å². The number of aliphatic carboxylic acids is 1. The Morgan fingerprint density at radius 1 is 0.913 bits per heavy atom. The number of carboxylic acid groups (broad SMARTS) is 1. The van der Waals surface area contributed by atoms with Crippen LogP contribution in [0, 0.1) is 0 Å². The van der Waals surface area contributed by atoms with Crippen molar-refractivity contribution in [3.63, 3.8) is 0 Å². The normalized spacial score (nSPS) is 23.8. The molecule has 0 bridgehead atoms. The van der Waals surface area contributed by atoms with Gasteiger partial charge in [-0.25, -0.2) is 9.59 Å². The highest BCUT2D eigenvalue weighted by atomic mass is 19.4. The van der Waals surface area contributed by atoms with E-state index in [1.165, 1.54) is 49.8 Å². The van der Waals surface area contributed by atoms with E-state index in [1.807, 2.05) is 6.07 Å². The van der Waals surface area contributed by atoms with Crippen molar-refractivity contribution in [3.05, 3.63) is 53.6 Å². The first-order chi connectivity index (χ1) is 21.7. The summed E-state index contributed by atoms with van der Waals surface area (Å²) in [7, 11) is 3.30. The van der Waals surface area contributed by atoms with Crippen LogP contribution in [-0.4, -0.2) is 67.1 Å². The fraction of sp³-hybridized carbons (Fsp3) is 0.562. The van der Waals surface area contributed by atoms with Crippen LogP contribution in [0.2, 0.25) is 0 Å². The lowest BCUT2D eigenvalue weighted by Crippen LogP contribution is -2.55. The number of methoxy groups -OCH3 is 2. The Balaban J connectivity index is 0.000000617. The van der Waals surface area contributed by atoms with Crippen LogP contribution in [0.1, 0.15) is 68.9 Å². The number of hydrogen-bond donors (Lipinski definition) is 3. The number of alkyl halides is 6. The Kier molecular flexibility index (Phi) is 11.0. The van der Waals surface area contributed by atoms with Crippen molar-refractivity contribution in [1.82, 2.24) is 10.2 Å². The lowest BCUT2D eigenvalue weighted by Gasteiger charge is -2.47. The molecule has 3 aliphatic rings. The standard InChI is InChI=1S/C30H38F3N3O3.C2HF3O2/c1-38-25-12-11-20(18-26(25)39-2)29-14-13-23(19-27(29)36(16-15-29)24-9-4-3-5-10-24)35-28(37)34-22-8-6-7-21(17-22)30(31,32)33;3-2(4,5)1(6)7/h6-8,11-12,17-18,23-24,27H,3-5,9-10,13-16,19H2,1-2H3,(H2,34,35,37);(H,6,7). The molecule has 1 aliphatic heterocycles. The van der Waals surface area contributed by atoms with Crippen molar-refractivity contribution >= 4 is 17.7 Å². The zero-order chi connectivity index (χ0) is 33.7. The highest BCUT2D eigenvalue weighted by Gasteiger charge is 2.53. The van der Waals surface area contributed by atoms with Gasteiger partial charge in [0.25, 0.3) is 0 Å². The van der Waals surface area contributed by atoms with E-state index in [0.29, 0.717) is 11.8 Å². The third-order valence-corrected chi connectivity index (χ3v) is 9.33. The van der Waals surface area contributed by atoms with E-state index < -0.39 is 29.9 Å². The molecule has 3 fully saturated rings. The van der Waals surface area contributed by atoms with Crippen molar-refractivity contribution in [2.75, 3.05) is 26.1 Å². The molecular formula is C32H39F6N3O5. The molecule has 2 aromatic carbocycles. The Hall–Kier alpha value is -3.68. The van der Waals surface area contributed by atoms with Crippen LogP contribution >= 0.6 is 0 Å². The molecule has 1 heterocycles. The summed E-state index contributed by atoms with van der Waals surface area (Å²) in [5.41, 5.74) is 0.539. The van der Waals surface area contributed by atoms with Gasteiger partial charge in [-0.2, -0.15) is 26.3 Å². The number of ether oxygens (including phenoxy) is 2. The lowest BCUT2D eigenvalue weighted by atomic mass is 9.64. The summed E-state index contributed by atoms with van der Waals surface area (Å²) in [6.45, 7) is 1.02. The first kappa shape index (κ1) is 35.2. The number of nitrogens with zero attached hydrogens (tertiary/aromatic N) is 1. The Morgan fingerprint density at radius 2 is 1.59 bits per heavy atom. The van der Waals surface area contributed by atoms with E-state index in [4.69, 9.17) is 19.4 Å². The van der Waals surface area contributed by atoms with Gasteiger partial charge in [0, 0.05) is 29.2 Å². The molecule has 3 atom stereocenters. The second kappa shape index (κ2) is 14.4. The molecule has 2 aromatic rings. The maximum absolute atomic E-state index is 13.1. The van der Waals surface area contributed by atoms with Crippen LogP contribution in [-0.2, 0) is 16.4 Å². The number of carboxylic acids is 1. The molecule has 0 radical (unpaired) electrons. The number of anilines is 1. The molecule has 46 heavy (non-hydrogen) atoms. The van der Waals surface area contributed by atoms with Gasteiger partial charge in [0.1, 0.15) is 0 Å². The predicted molar refractivity (Wildman–Crippen MR) is 158 cm³/mol. The van der Waals surface area contributed by atoms with E-state index in [2.05, 4.69) is 27.7 Å². The van der Waals surface area contributed by atoms with Crippen LogP contribution in [0.25, 0.3) is 0 Å². The number of fused-ring (bicyclic) bond motifs is 1. The maximum Gasteiger partial charge on any atom is 0.490 e. The topological polar surface area (TPSA) is 100 Å². The summed E-state index contributed by atoms with van der Waals surface area (Å²) in [6, 6.07) is 11.2. The molecule has 254 valence electrons. The largest absolute Gasteiger partial charge is 0.493 e. The van der Waals surface area contributed by atoms with Gasteiger partial charge in [-0.1, -0.05) is 31.4 Å². The summed E-state index contributed by atoms with van der Waals surface area (Å²) in [6.07, 6.45) is 0.180. The Bertz CT molecular complexity index is 1360. The smallest absolute Gasteiger partial charge is 0.490 e. The lowest BCUT2D eigenvalue weighted by molar-refractivity contribution is -0.192. The summed E-state index contributed by atoms with van der Waals surface area (Å²) in [4.78, 5) is 24.5. The van der Waals surface area contributed by atoms with Crippen molar-refractivity contribution in [2.45, 2.75) is 93.7 Å². The molecular weight excluding hydrogens is 620 g/mol. The minimum Gasteiger partial charge on any atom is -0.493 e. The SMILES string of the molecule is COc1ccc(C23CCC(NC(=O)Nc4cccc(C(F)(F)F)c4)CC2N(C2CCCCC2)CC3)cc1OC.O=C(O)C(F)(F)F. The molecule has 2 saturated carbocycles. The van der Waals surface area contributed by atoms with Crippen LogP contribution in [0.4, 0.5) is 36.8 Å². The number of carbonyl (C=O) groups is 2. The van der Waals surface area contributed by atoms with Gasteiger partial charge < -0.3 is 25.2 Å². The first-order valence-electron chi connectivity index (χ1n) is 15.2. The van der Waals surface area contributed by atoms with E-state index >= 15 is 0 Å². The second-order valence-corrected chi connectivity index (χ2v) is 12.0. The summed E-state index contributed by atoms with van der Waals surface area (Å²) >= 11 is 0. The average molecular weight is 660 g/mol. The van der Waals surface area contributed by atoms with Crippen LogP contribution < -0.4 is 20.1 Å². The van der Waals surface area contributed by atoms with Crippen LogP contribution in [0.3, 0.4) is 0 Å². The molecule has 3 unspecified atom stereocenters. The number of likely N-dealkylation sites (tertiary alicyclic amines) is 1. The molecule has 8 nitrogen and oxygen atoms in total. The highest BCUT2D eigenvalue weighted by molar-refractivity contribution is 5.89. The third kappa shape index (κ3) is 8.18. The fourth-order valence-corrected chi connectivity index (χ4v) is 7.17. The molecule has 0 aromatic heterocycles. The molecule has 2 aliphatic carbocycles. The van der Waals surface area contributed by atoms with E-state index in [9.17, 15) is 31.1 Å². The quantitative estimate of drug-likeness (QED) is 0.280. The number of carbonyl (C=O) groups excluding carboxylic acids is 1. The van der Waals surface area contributed by atoms with Crippen LogP contribution in [0.5, 0.6) is 11.5 Å². The van der Waals surface area contributed by atoms with Gasteiger partial charge in [0.15, 0.2) is 11.5 Å². The Morgan fingerprint density at radius 3 is 2.20 bits per heavy atom. The number of halogens is 6. The van der Waals surface area contributed by atoms with Gasteiger partial charge in [-0.3, -0.25) is 4.90 Å². The molecule has 3 N–H and O–H groups in total. The van der Waals surface area contributed by atoms with Crippen LogP contribution in [0.15, 0.2) is 42.5 Å². The molecule has 5 rings (SSSR count). The first-order valence-corrected chi connectivity index (χ1v) is 15.2. The third-order valence-electron chi connectivity index (χ3n) is 9.33. The Labute approximate surface area is 263 Å². The molecule has 2 amide bonds. The second-order valence-electron chi connectivity index (χ2n) is 12.0. The van der Waals surface area contributed by atoms with E-state index in [-0.39, 0.29) is 23.2 Å². The van der Waals surface area contributed by atoms with Crippen molar-refractivity contribution in [2.24, 2.45) is 0 Å². The number of rotatable bonds is 6. The highest BCUT2D eigenvalue weighted by Crippen LogP contribution is 2.52. The zero-order valence-electron chi connectivity index (χ0n) is 25.6. The molecule has 1 saturated heterocycles. The molecule has 14 heteroatoms. The van der Waals surface area contributed by atoms with Gasteiger partial charge >= 0.3 is 24.4 Å². The van der Waals surface area contributed by atoms with Gasteiger partial charge in [-0.15, -0.1) is 0 Å². The summed E-state index contributed by atoms with van der Waals surface area (Å²) < 4.78 is 82.2. The number of amides is 2. The van der Waals surface area contributed by atoms with Crippen molar-refractivity contribution < 1.29 is 50.5 Å². The summed E-state index contributed by atoms with van der Waals surface area (Å²) in [5, 5.41) is 12.8. The van der Waals surface area contributed by atoms with Gasteiger partial charge in [-0.05, 0) is 81.0 Å². The fourth-order valence-electron chi connectivity index (χ4n) is 7.17. The average Bonchev–Trinajstić information content (AvgIpc) is 3.40. The molecule has 0 spiro atoms. The predicted octanol–water partition coefficient (Wildman–Crippen LogP) is 7.37. The number of benzene rings is 2. The van der Waals surface area contributed by atoms with Gasteiger partial charge in [0.05, 0.1) is 19.8 Å². The minimum absolute atomic E-state index is 0.0489.